The lowest BCUT2D eigenvalue weighted by atomic mass is 9.94. The first-order valence-electron chi connectivity index (χ1n) is 5.97. The van der Waals surface area contributed by atoms with Gasteiger partial charge in [-0.1, -0.05) is 27.6 Å². The fourth-order valence-electron chi connectivity index (χ4n) is 2.22. The quantitative estimate of drug-likeness (QED) is 0.730. The number of carbonyl (C=O) groups is 1. The van der Waals surface area contributed by atoms with E-state index in [-0.39, 0.29) is 11.6 Å². The Balaban J connectivity index is 2.59. The number of halogens is 2. The topological polar surface area (TPSA) is 17.1 Å². The summed E-state index contributed by atoms with van der Waals surface area (Å²) in [5.74, 6) is -0.388. The number of hydrogen-bond donors (Lipinski definition) is 0. The lowest BCUT2D eigenvalue weighted by molar-refractivity contribution is 0.103. The minimum Gasteiger partial charge on any atom is -0.289 e. The lowest BCUT2D eigenvalue weighted by Gasteiger charge is -2.11. The molecule has 0 saturated heterocycles. The van der Waals surface area contributed by atoms with Gasteiger partial charge in [0.15, 0.2) is 5.78 Å². The molecule has 0 atom stereocenters. The smallest absolute Gasteiger partial charge is 0.194 e. The van der Waals surface area contributed by atoms with Crippen LogP contribution in [0.1, 0.15) is 32.6 Å². The highest BCUT2D eigenvalue weighted by Gasteiger charge is 2.18. The number of carbonyl (C=O) groups excluding carboxylic acids is 1. The van der Waals surface area contributed by atoms with Crippen molar-refractivity contribution in [1.82, 2.24) is 0 Å². The molecule has 0 unspecified atom stereocenters. The van der Waals surface area contributed by atoms with Gasteiger partial charge in [-0.3, -0.25) is 4.79 Å². The molecule has 0 saturated carbocycles. The van der Waals surface area contributed by atoms with Gasteiger partial charge < -0.3 is 0 Å². The van der Waals surface area contributed by atoms with Crippen LogP contribution in [0.5, 0.6) is 0 Å². The van der Waals surface area contributed by atoms with Crippen LogP contribution in [0, 0.1) is 26.6 Å². The van der Waals surface area contributed by atoms with Crippen molar-refractivity contribution in [2.24, 2.45) is 0 Å². The van der Waals surface area contributed by atoms with Gasteiger partial charge in [0.1, 0.15) is 5.82 Å². The molecule has 0 N–H and O–H groups in total. The van der Waals surface area contributed by atoms with Crippen molar-refractivity contribution in [3.63, 3.8) is 0 Å². The molecule has 0 amide bonds. The van der Waals surface area contributed by atoms with E-state index in [2.05, 4.69) is 15.9 Å². The molecule has 19 heavy (non-hydrogen) atoms. The number of rotatable bonds is 2. The minimum atomic E-state index is -0.310. The molecule has 0 heterocycles. The number of hydrogen-bond acceptors (Lipinski definition) is 1. The first kappa shape index (κ1) is 13.9. The maximum absolute atomic E-state index is 13.3. The van der Waals surface area contributed by atoms with E-state index in [0.29, 0.717) is 22.3 Å². The Morgan fingerprint density at radius 1 is 1.05 bits per heavy atom. The molecule has 0 fully saturated rings. The van der Waals surface area contributed by atoms with Crippen molar-refractivity contribution in [2.75, 3.05) is 0 Å². The molecule has 0 aliphatic carbocycles. The van der Waals surface area contributed by atoms with Crippen molar-refractivity contribution in [1.29, 1.82) is 0 Å². The molecule has 1 nitrogen and oxygen atoms in total. The van der Waals surface area contributed by atoms with Crippen molar-refractivity contribution in [2.45, 2.75) is 20.8 Å². The van der Waals surface area contributed by atoms with Crippen LogP contribution in [0.25, 0.3) is 0 Å². The summed E-state index contributed by atoms with van der Waals surface area (Å²) in [6.45, 7) is 5.45. The molecule has 0 bridgehead atoms. The average molecular weight is 321 g/mol. The number of ketones is 1. The van der Waals surface area contributed by atoms with E-state index in [1.54, 1.807) is 13.8 Å². The molecular formula is C16H14BrFO. The zero-order valence-electron chi connectivity index (χ0n) is 11.1. The van der Waals surface area contributed by atoms with Crippen molar-refractivity contribution in [3.05, 3.63) is 68.4 Å². The van der Waals surface area contributed by atoms with Gasteiger partial charge in [0.05, 0.1) is 0 Å². The van der Waals surface area contributed by atoms with Gasteiger partial charge in [-0.05, 0) is 56.2 Å². The molecule has 3 heteroatoms. The van der Waals surface area contributed by atoms with Crippen LogP contribution in [0.4, 0.5) is 4.39 Å². The third-order valence-corrected chi connectivity index (χ3v) is 3.78. The van der Waals surface area contributed by atoms with E-state index in [1.807, 2.05) is 25.1 Å². The Morgan fingerprint density at radius 2 is 1.63 bits per heavy atom. The molecule has 0 radical (unpaired) electrons. The summed E-state index contributed by atoms with van der Waals surface area (Å²) in [6.07, 6.45) is 0. The Hall–Kier alpha value is -1.48. The maximum atomic E-state index is 13.3. The Labute approximate surface area is 120 Å². The Kier molecular flexibility index (Phi) is 3.85. The predicted molar refractivity (Wildman–Crippen MR) is 78.2 cm³/mol. The predicted octanol–water partition coefficient (Wildman–Crippen LogP) is 4.74. The SMILES string of the molecule is Cc1ccc(Br)c(C(=O)c2c(C)cc(F)cc2C)c1. The van der Waals surface area contributed by atoms with Gasteiger partial charge in [0.25, 0.3) is 0 Å². The summed E-state index contributed by atoms with van der Waals surface area (Å²) in [5, 5.41) is 0. The fraction of sp³-hybridized carbons (Fsp3) is 0.188. The summed E-state index contributed by atoms with van der Waals surface area (Å²) in [6, 6.07) is 8.42. The van der Waals surface area contributed by atoms with Crippen LogP contribution < -0.4 is 0 Å². The van der Waals surface area contributed by atoms with E-state index in [9.17, 15) is 9.18 Å². The van der Waals surface area contributed by atoms with Gasteiger partial charge in [-0.15, -0.1) is 0 Å². The maximum Gasteiger partial charge on any atom is 0.194 e. The largest absolute Gasteiger partial charge is 0.289 e. The third-order valence-electron chi connectivity index (χ3n) is 3.09. The standard InChI is InChI=1S/C16H14BrFO/c1-9-4-5-14(17)13(6-9)16(19)15-10(2)7-12(18)8-11(15)3/h4-8H,1-3H3. The van der Waals surface area contributed by atoms with E-state index in [1.165, 1.54) is 12.1 Å². The summed E-state index contributed by atoms with van der Waals surface area (Å²) in [4.78, 5) is 12.6. The van der Waals surface area contributed by atoms with Gasteiger partial charge >= 0.3 is 0 Å². The van der Waals surface area contributed by atoms with Crippen LogP contribution in [-0.4, -0.2) is 5.78 Å². The van der Waals surface area contributed by atoms with Crippen LogP contribution >= 0.6 is 15.9 Å². The minimum absolute atomic E-state index is 0.0782. The Morgan fingerprint density at radius 3 is 2.21 bits per heavy atom. The monoisotopic (exact) mass is 320 g/mol. The van der Waals surface area contributed by atoms with Gasteiger partial charge in [0, 0.05) is 15.6 Å². The molecule has 98 valence electrons. The van der Waals surface area contributed by atoms with Gasteiger partial charge in [-0.25, -0.2) is 4.39 Å². The normalized spacial score (nSPS) is 10.6. The fourth-order valence-corrected chi connectivity index (χ4v) is 2.64. The highest BCUT2D eigenvalue weighted by Crippen LogP contribution is 2.25. The highest BCUT2D eigenvalue weighted by atomic mass is 79.9. The first-order chi connectivity index (χ1) is 8.90. The highest BCUT2D eigenvalue weighted by molar-refractivity contribution is 9.10. The van der Waals surface area contributed by atoms with Crippen molar-refractivity contribution < 1.29 is 9.18 Å². The Bertz CT molecular complexity index is 639. The van der Waals surface area contributed by atoms with Crippen LogP contribution in [0.15, 0.2) is 34.8 Å². The zero-order valence-corrected chi connectivity index (χ0v) is 12.6. The van der Waals surface area contributed by atoms with Crippen molar-refractivity contribution in [3.8, 4) is 0 Å². The van der Waals surface area contributed by atoms with Crippen LogP contribution in [-0.2, 0) is 0 Å². The third kappa shape index (κ3) is 2.76. The molecule has 2 rings (SSSR count). The summed E-state index contributed by atoms with van der Waals surface area (Å²) < 4.78 is 14.1. The van der Waals surface area contributed by atoms with Crippen molar-refractivity contribution >= 4 is 21.7 Å². The molecule has 2 aromatic rings. The second-order valence-corrected chi connectivity index (χ2v) is 5.58. The zero-order chi connectivity index (χ0) is 14.2. The van der Waals surface area contributed by atoms with Gasteiger partial charge in [-0.2, -0.15) is 0 Å². The molecule has 0 aliphatic rings. The summed E-state index contributed by atoms with van der Waals surface area (Å²) in [5.41, 5.74) is 3.53. The molecule has 0 spiro atoms. The summed E-state index contributed by atoms with van der Waals surface area (Å²) >= 11 is 3.40. The molecule has 0 aromatic heterocycles. The molecule has 0 aliphatic heterocycles. The lowest BCUT2D eigenvalue weighted by Crippen LogP contribution is -2.08. The molecular weight excluding hydrogens is 307 g/mol. The van der Waals surface area contributed by atoms with E-state index < -0.39 is 0 Å². The second-order valence-electron chi connectivity index (χ2n) is 4.73. The molecule has 2 aromatic carbocycles. The van der Waals surface area contributed by atoms with Crippen LogP contribution in [0.3, 0.4) is 0 Å². The average Bonchev–Trinajstić information content (AvgIpc) is 2.30. The number of aryl methyl sites for hydroxylation is 3. The van der Waals surface area contributed by atoms with Crippen LogP contribution in [0.2, 0.25) is 0 Å². The van der Waals surface area contributed by atoms with E-state index >= 15 is 0 Å². The second kappa shape index (κ2) is 5.25. The van der Waals surface area contributed by atoms with Gasteiger partial charge in [0.2, 0.25) is 0 Å². The summed E-state index contributed by atoms with van der Waals surface area (Å²) in [7, 11) is 0. The van der Waals surface area contributed by atoms with E-state index in [4.69, 9.17) is 0 Å². The first-order valence-corrected chi connectivity index (χ1v) is 6.77. The van der Waals surface area contributed by atoms with E-state index in [0.717, 1.165) is 10.0 Å². The number of benzene rings is 2.